The number of hydrogen-bond donors (Lipinski definition) is 0. The van der Waals surface area contributed by atoms with E-state index in [0.717, 1.165) is 16.7 Å². The third-order valence-electron chi connectivity index (χ3n) is 1.74. The molecule has 0 aliphatic carbocycles. The average molecular weight is 227 g/mol. The standard InChI is InChI=1S/C10H13NO3S/c1-6(2)4-8-9(13)11(5-7(3)12)10(14)15-8/h4,6H,5H2,1-3H3/b8-4-. The van der Waals surface area contributed by atoms with Crippen molar-refractivity contribution in [1.82, 2.24) is 4.90 Å². The van der Waals surface area contributed by atoms with Gasteiger partial charge in [-0.3, -0.25) is 19.3 Å². The molecule has 82 valence electrons. The van der Waals surface area contributed by atoms with E-state index in [2.05, 4.69) is 0 Å². The summed E-state index contributed by atoms with van der Waals surface area (Å²) in [4.78, 5) is 35.3. The normalized spacial score (nSPS) is 19.5. The molecule has 0 bridgehead atoms. The van der Waals surface area contributed by atoms with E-state index in [0.29, 0.717) is 4.91 Å². The van der Waals surface area contributed by atoms with Crippen molar-refractivity contribution in [3.05, 3.63) is 11.0 Å². The van der Waals surface area contributed by atoms with Crippen molar-refractivity contribution in [3.8, 4) is 0 Å². The molecule has 0 saturated carbocycles. The topological polar surface area (TPSA) is 54.5 Å². The van der Waals surface area contributed by atoms with E-state index in [1.807, 2.05) is 13.8 Å². The molecule has 1 heterocycles. The summed E-state index contributed by atoms with van der Waals surface area (Å²) in [5.41, 5.74) is 0. The summed E-state index contributed by atoms with van der Waals surface area (Å²) in [6.07, 6.45) is 1.74. The van der Waals surface area contributed by atoms with Gasteiger partial charge in [-0.05, 0) is 24.6 Å². The molecule has 0 atom stereocenters. The monoisotopic (exact) mass is 227 g/mol. The third-order valence-corrected chi connectivity index (χ3v) is 2.66. The zero-order chi connectivity index (χ0) is 11.6. The van der Waals surface area contributed by atoms with E-state index in [1.54, 1.807) is 6.08 Å². The molecular formula is C10H13NO3S. The van der Waals surface area contributed by atoms with E-state index < -0.39 is 0 Å². The molecule has 1 fully saturated rings. The van der Waals surface area contributed by atoms with E-state index in [-0.39, 0.29) is 29.4 Å². The van der Waals surface area contributed by atoms with Gasteiger partial charge in [0.1, 0.15) is 5.78 Å². The van der Waals surface area contributed by atoms with Crippen LogP contribution in [0.4, 0.5) is 4.79 Å². The Hall–Kier alpha value is -1.10. The number of carbonyl (C=O) groups excluding carboxylic acids is 3. The Morgan fingerprint density at radius 1 is 1.47 bits per heavy atom. The minimum absolute atomic E-state index is 0.125. The summed E-state index contributed by atoms with van der Waals surface area (Å²) in [6, 6.07) is 0. The van der Waals surface area contributed by atoms with Crippen molar-refractivity contribution in [2.45, 2.75) is 20.8 Å². The van der Waals surface area contributed by atoms with Gasteiger partial charge in [0.05, 0.1) is 11.4 Å². The Labute approximate surface area is 92.7 Å². The fraction of sp³-hybridized carbons (Fsp3) is 0.500. The minimum Gasteiger partial charge on any atom is -0.298 e. The van der Waals surface area contributed by atoms with Crippen molar-refractivity contribution in [2.75, 3.05) is 6.54 Å². The molecule has 0 spiro atoms. The van der Waals surface area contributed by atoms with Gasteiger partial charge in [0.2, 0.25) is 0 Å². The summed E-state index contributed by atoms with van der Waals surface area (Å²) in [6.45, 7) is 5.09. The molecule has 4 nitrogen and oxygen atoms in total. The van der Waals surface area contributed by atoms with Crippen LogP contribution in [-0.4, -0.2) is 28.4 Å². The largest absolute Gasteiger partial charge is 0.298 e. The molecule has 0 aromatic rings. The SMILES string of the molecule is CC(=O)CN1C(=O)S/C(=C\C(C)C)C1=O. The fourth-order valence-corrected chi connectivity index (χ4v) is 2.16. The molecule has 0 N–H and O–H groups in total. The first-order valence-electron chi connectivity index (χ1n) is 4.66. The Balaban J connectivity index is 2.84. The number of imide groups is 1. The van der Waals surface area contributed by atoms with Crippen LogP contribution in [0.2, 0.25) is 0 Å². The zero-order valence-corrected chi connectivity index (χ0v) is 9.76. The van der Waals surface area contributed by atoms with Crippen LogP contribution in [0.15, 0.2) is 11.0 Å². The fourth-order valence-electron chi connectivity index (χ4n) is 1.18. The van der Waals surface area contributed by atoms with Crippen LogP contribution in [0.1, 0.15) is 20.8 Å². The number of amides is 2. The van der Waals surface area contributed by atoms with Crippen LogP contribution in [-0.2, 0) is 9.59 Å². The first-order chi connectivity index (χ1) is 6.91. The number of allylic oxidation sites excluding steroid dienone is 1. The molecular weight excluding hydrogens is 214 g/mol. The maximum Gasteiger partial charge on any atom is 0.293 e. The van der Waals surface area contributed by atoms with E-state index in [9.17, 15) is 14.4 Å². The molecule has 1 rings (SSSR count). The number of rotatable bonds is 3. The summed E-state index contributed by atoms with van der Waals surface area (Å²) in [5, 5.41) is -0.359. The third kappa shape index (κ3) is 2.92. The van der Waals surface area contributed by atoms with Crippen LogP contribution in [0.5, 0.6) is 0 Å². The van der Waals surface area contributed by atoms with Crippen LogP contribution in [0, 0.1) is 5.92 Å². The Kier molecular flexibility index (Phi) is 3.68. The van der Waals surface area contributed by atoms with Crippen molar-refractivity contribution < 1.29 is 14.4 Å². The molecule has 1 aliphatic rings. The van der Waals surface area contributed by atoms with Gasteiger partial charge in [-0.25, -0.2) is 0 Å². The van der Waals surface area contributed by atoms with Gasteiger partial charge in [-0.2, -0.15) is 0 Å². The molecule has 1 saturated heterocycles. The number of Topliss-reactive ketones (excluding diaryl/α,β-unsaturated/α-hetero) is 1. The molecule has 2 amide bonds. The molecule has 1 aliphatic heterocycles. The first-order valence-corrected chi connectivity index (χ1v) is 5.48. The maximum absolute atomic E-state index is 11.7. The number of carbonyl (C=O) groups is 3. The number of hydrogen-bond acceptors (Lipinski definition) is 4. The molecule has 0 radical (unpaired) electrons. The van der Waals surface area contributed by atoms with Gasteiger partial charge in [0.25, 0.3) is 11.1 Å². The molecule has 5 heteroatoms. The second kappa shape index (κ2) is 4.61. The summed E-state index contributed by atoms with van der Waals surface area (Å²) in [7, 11) is 0. The summed E-state index contributed by atoms with van der Waals surface area (Å²) in [5.74, 6) is -0.335. The molecule has 0 aromatic carbocycles. The Morgan fingerprint density at radius 3 is 2.53 bits per heavy atom. The highest BCUT2D eigenvalue weighted by Crippen LogP contribution is 2.31. The van der Waals surface area contributed by atoms with Crippen LogP contribution < -0.4 is 0 Å². The number of nitrogens with zero attached hydrogens (tertiary/aromatic N) is 1. The quantitative estimate of drug-likeness (QED) is 0.690. The number of ketones is 1. The van der Waals surface area contributed by atoms with Crippen LogP contribution in [0.3, 0.4) is 0 Å². The highest BCUT2D eigenvalue weighted by Gasteiger charge is 2.35. The molecule has 0 unspecified atom stereocenters. The van der Waals surface area contributed by atoms with Crippen molar-refractivity contribution in [2.24, 2.45) is 5.92 Å². The summed E-state index contributed by atoms with van der Waals surface area (Å²) >= 11 is 0.898. The van der Waals surface area contributed by atoms with Gasteiger partial charge in [-0.1, -0.05) is 19.9 Å². The number of thioether (sulfide) groups is 1. The van der Waals surface area contributed by atoms with E-state index in [4.69, 9.17) is 0 Å². The van der Waals surface area contributed by atoms with Crippen LogP contribution >= 0.6 is 11.8 Å². The van der Waals surface area contributed by atoms with Gasteiger partial charge in [-0.15, -0.1) is 0 Å². The van der Waals surface area contributed by atoms with Gasteiger partial charge in [0.15, 0.2) is 0 Å². The lowest BCUT2D eigenvalue weighted by molar-refractivity contribution is -0.127. The average Bonchev–Trinajstić information content (AvgIpc) is 2.31. The van der Waals surface area contributed by atoms with Crippen LogP contribution in [0.25, 0.3) is 0 Å². The zero-order valence-electron chi connectivity index (χ0n) is 8.94. The highest BCUT2D eigenvalue weighted by atomic mass is 32.2. The van der Waals surface area contributed by atoms with Crippen molar-refractivity contribution >= 4 is 28.7 Å². The lowest BCUT2D eigenvalue weighted by Gasteiger charge is -2.08. The lowest BCUT2D eigenvalue weighted by atomic mass is 10.2. The second-order valence-corrected chi connectivity index (χ2v) is 4.73. The highest BCUT2D eigenvalue weighted by molar-refractivity contribution is 8.18. The van der Waals surface area contributed by atoms with Gasteiger partial charge >= 0.3 is 0 Å². The first kappa shape index (κ1) is 12.0. The predicted molar refractivity (Wildman–Crippen MR) is 58.3 cm³/mol. The van der Waals surface area contributed by atoms with E-state index in [1.165, 1.54) is 6.92 Å². The van der Waals surface area contributed by atoms with Crippen molar-refractivity contribution in [3.63, 3.8) is 0 Å². The lowest BCUT2D eigenvalue weighted by Crippen LogP contribution is -2.32. The predicted octanol–water partition coefficient (Wildman–Crippen LogP) is 1.81. The molecule has 0 aromatic heterocycles. The Morgan fingerprint density at radius 2 is 2.07 bits per heavy atom. The van der Waals surface area contributed by atoms with Gasteiger partial charge < -0.3 is 0 Å². The van der Waals surface area contributed by atoms with Crippen molar-refractivity contribution in [1.29, 1.82) is 0 Å². The maximum atomic E-state index is 11.7. The molecule has 15 heavy (non-hydrogen) atoms. The Bertz CT molecular complexity index is 347. The summed E-state index contributed by atoms with van der Waals surface area (Å²) < 4.78 is 0. The van der Waals surface area contributed by atoms with Gasteiger partial charge in [0, 0.05) is 0 Å². The second-order valence-electron chi connectivity index (χ2n) is 3.74. The minimum atomic E-state index is -0.359. The smallest absolute Gasteiger partial charge is 0.293 e. The van der Waals surface area contributed by atoms with E-state index >= 15 is 0 Å².